The Balaban J connectivity index is 3.17. The number of rotatable bonds is 3. The molecule has 0 aliphatic carbocycles. The minimum atomic E-state index is -0.241. The summed E-state index contributed by atoms with van der Waals surface area (Å²) in [5.74, 6) is 0. The maximum atomic E-state index is 11.6. The molecule has 0 aliphatic heterocycles. The normalized spacial score (nSPS) is 11.2. The van der Waals surface area contributed by atoms with Gasteiger partial charge in [-0.1, -0.05) is 0 Å². The third-order valence-corrected chi connectivity index (χ3v) is 1.32. The van der Waals surface area contributed by atoms with Crippen LogP contribution in [0.3, 0.4) is 0 Å². The zero-order valence-corrected chi connectivity index (χ0v) is 5.82. The Bertz CT molecular complexity index is 54.5. The molecule has 0 saturated carbocycles. The van der Waals surface area contributed by atoms with Gasteiger partial charge in [-0.25, -0.2) is 4.39 Å². The molecule has 0 rings (SSSR count). The van der Waals surface area contributed by atoms with Crippen LogP contribution in [0.15, 0.2) is 0 Å². The summed E-state index contributed by atoms with van der Waals surface area (Å²) in [6.45, 7) is 4.41. The number of halogens is 1. The third-order valence-electron chi connectivity index (χ3n) is 1.32. The van der Waals surface area contributed by atoms with Gasteiger partial charge in [0.25, 0.3) is 0 Å². The van der Waals surface area contributed by atoms with E-state index in [2.05, 4.69) is 13.8 Å². The Morgan fingerprint density at radius 2 is 2.00 bits per heavy atom. The predicted octanol–water partition coefficient (Wildman–Crippen LogP) is 1.30. The first-order valence-corrected chi connectivity index (χ1v) is 2.94. The van der Waals surface area contributed by atoms with Crippen molar-refractivity contribution < 1.29 is 4.39 Å². The van der Waals surface area contributed by atoms with E-state index in [0.717, 1.165) is 0 Å². The molecule has 0 aliphatic rings. The van der Waals surface area contributed by atoms with E-state index >= 15 is 0 Å². The molecular formula is C6H14FN. The predicted molar refractivity (Wildman–Crippen MR) is 33.7 cm³/mol. The first kappa shape index (κ1) is 7.89. The van der Waals surface area contributed by atoms with Gasteiger partial charge in [0.2, 0.25) is 0 Å². The highest BCUT2D eigenvalue weighted by Gasteiger charge is 1.99. The Hall–Kier alpha value is -0.110. The third kappa shape index (κ3) is 2.97. The van der Waals surface area contributed by atoms with Gasteiger partial charge < -0.3 is 4.90 Å². The van der Waals surface area contributed by atoms with Gasteiger partial charge in [-0.05, 0) is 20.9 Å². The summed E-state index contributed by atoms with van der Waals surface area (Å²) in [5, 5.41) is 0. The topological polar surface area (TPSA) is 3.24 Å². The zero-order chi connectivity index (χ0) is 6.57. The number of hydrogen-bond acceptors (Lipinski definition) is 1. The van der Waals surface area contributed by atoms with E-state index in [1.807, 2.05) is 11.9 Å². The summed E-state index contributed by atoms with van der Waals surface area (Å²) in [6, 6.07) is 0.464. The van der Waals surface area contributed by atoms with E-state index in [9.17, 15) is 4.39 Å². The summed E-state index contributed by atoms with van der Waals surface area (Å²) in [6.07, 6.45) is 0. The molecule has 0 spiro atoms. The fourth-order valence-corrected chi connectivity index (χ4v) is 0.392. The van der Waals surface area contributed by atoms with Crippen molar-refractivity contribution in [3.8, 4) is 0 Å². The SMILES string of the molecule is CC(C)N(C)CCF. The van der Waals surface area contributed by atoms with Crippen LogP contribution in [0.2, 0.25) is 0 Å². The number of alkyl halides is 1. The minimum Gasteiger partial charge on any atom is -0.301 e. The minimum absolute atomic E-state index is 0.241. The lowest BCUT2D eigenvalue weighted by Crippen LogP contribution is -2.28. The molecule has 0 aromatic carbocycles. The van der Waals surface area contributed by atoms with Gasteiger partial charge in [0, 0.05) is 12.6 Å². The molecular weight excluding hydrogens is 105 g/mol. The van der Waals surface area contributed by atoms with Gasteiger partial charge in [-0.2, -0.15) is 0 Å². The van der Waals surface area contributed by atoms with E-state index in [4.69, 9.17) is 0 Å². The highest BCUT2D eigenvalue weighted by molar-refractivity contribution is 4.54. The van der Waals surface area contributed by atoms with Crippen LogP contribution < -0.4 is 0 Å². The summed E-state index contributed by atoms with van der Waals surface area (Å²) >= 11 is 0. The van der Waals surface area contributed by atoms with Crippen LogP contribution in [-0.2, 0) is 0 Å². The van der Waals surface area contributed by atoms with Crippen LogP contribution >= 0.6 is 0 Å². The van der Waals surface area contributed by atoms with Crippen LogP contribution in [0.25, 0.3) is 0 Å². The monoisotopic (exact) mass is 119 g/mol. The van der Waals surface area contributed by atoms with E-state index in [-0.39, 0.29) is 6.67 Å². The second-order valence-corrected chi connectivity index (χ2v) is 2.26. The molecule has 2 heteroatoms. The highest BCUT2D eigenvalue weighted by Crippen LogP contribution is 1.91. The van der Waals surface area contributed by atoms with Gasteiger partial charge in [0.15, 0.2) is 0 Å². The number of nitrogens with zero attached hydrogens (tertiary/aromatic N) is 1. The second-order valence-electron chi connectivity index (χ2n) is 2.26. The highest BCUT2D eigenvalue weighted by atomic mass is 19.1. The van der Waals surface area contributed by atoms with Crippen molar-refractivity contribution in [1.29, 1.82) is 0 Å². The Morgan fingerprint density at radius 3 is 2.12 bits per heavy atom. The van der Waals surface area contributed by atoms with Gasteiger partial charge in [0.05, 0.1) is 0 Å². The van der Waals surface area contributed by atoms with Crippen molar-refractivity contribution >= 4 is 0 Å². The summed E-state index contributed by atoms with van der Waals surface area (Å²) in [7, 11) is 1.92. The van der Waals surface area contributed by atoms with Crippen LogP contribution in [-0.4, -0.2) is 31.2 Å². The lowest BCUT2D eigenvalue weighted by Gasteiger charge is -2.18. The van der Waals surface area contributed by atoms with Crippen molar-refractivity contribution in [1.82, 2.24) is 4.90 Å². The molecule has 0 fully saturated rings. The molecule has 0 N–H and O–H groups in total. The van der Waals surface area contributed by atoms with E-state index in [1.54, 1.807) is 0 Å². The van der Waals surface area contributed by atoms with Gasteiger partial charge in [-0.15, -0.1) is 0 Å². The molecule has 0 heterocycles. The molecule has 0 atom stereocenters. The van der Waals surface area contributed by atoms with Crippen molar-refractivity contribution in [2.45, 2.75) is 19.9 Å². The Kier molecular flexibility index (Phi) is 3.79. The fraction of sp³-hybridized carbons (Fsp3) is 1.00. The summed E-state index contributed by atoms with van der Waals surface area (Å²) in [4.78, 5) is 1.97. The second kappa shape index (κ2) is 3.84. The molecule has 0 saturated heterocycles. The molecule has 8 heavy (non-hydrogen) atoms. The van der Waals surface area contributed by atoms with Crippen LogP contribution in [0, 0.1) is 0 Å². The van der Waals surface area contributed by atoms with Crippen LogP contribution in [0.1, 0.15) is 13.8 Å². The fourth-order valence-electron chi connectivity index (χ4n) is 0.392. The van der Waals surface area contributed by atoms with E-state index in [1.165, 1.54) is 0 Å². The zero-order valence-electron chi connectivity index (χ0n) is 5.82. The maximum Gasteiger partial charge on any atom is 0.102 e. The summed E-state index contributed by atoms with van der Waals surface area (Å²) < 4.78 is 11.6. The smallest absolute Gasteiger partial charge is 0.102 e. The Morgan fingerprint density at radius 1 is 1.50 bits per heavy atom. The first-order chi connectivity index (χ1) is 3.68. The Labute approximate surface area is 50.5 Å². The molecule has 0 aromatic heterocycles. The van der Waals surface area contributed by atoms with Crippen LogP contribution in [0.5, 0.6) is 0 Å². The summed E-state index contributed by atoms with van der Waals surface area (Å²) in [5.41, 5.74) is 0. The maximum absolute atomic E-state index is 11.6. The lowest BCUT2D eigenvalue weighted by atomic mass is 10.3. The number of hydrogen-bond donors (Lipinski definition) is 0. The van der Waals surface area contributed by atoms with E-state index in [0.29, 0.717) is 12.6 Å². The quantitative estimate of drug-likeness (QED) is 0.541. The standard InChI is InChI=1S/C6H14FN/c1-6(2)8(3)5-4-7/h6H,4-5H2,1-3H3. The molecule has 0 amide bonds. The average molecular weight is 119 g/mol. The van der Waals surface area contributed by atoms with Crippen molar-refractivity contribution in [2.24, 2.45) is 0 Å². The van der Waals surface area contributed by atoms with Crippen molar-refractivity contribution in [3.63, 3.8) is 0 Å². The average Bonchev–Trinajstić information content (AvgIpc) is 1.67. The first-order valence-electron chi connectivity index (χ1n) is 2.94. The lowest BCUT2D eigenvalue weighted by molar-refractivity contribution is 0.248. The molecule has 1 nitrogen and oxygen atoms in total. The van der Waals surface area contributed by atoms with Crippen molar-refractivity contribution in [3.05, 3.63) is 0 Å². The largest absolute Gasteiger partial charge is 0.301 e. The van der Waals surface area contributed by atoms with E-state index < -0.39 is 0 Å². The molecule has 0 bridgehead atoms. The molecule has 0 aromatic rings. The van der Waals surface area contributed by atoms with Gasteiger partial charge in [-0.3, -0.25) is 0 Å². The molecule has 50 valence electrons. The molecule has 0 radical (unpaired) electrons. The van der Waals surface area contributed by atoms with Gasteiger partial charge >= 0.3 is 0 Å². The molecule has 0 unspecified atom stereocenters. The van der Waals surface area contributed by atoms with Crippen LogP contribution in [0.4, 0.5) is 4.39 Å². The van der Waals surface area contributed by atoms with Crippen molar-refractivity contribution in [2.75, 3.05) is 20.3 Å². The van der Waals surface area contributed by atoms with Gasteiger partial charge in [0.1, 0.15) is 6.67 Å².